The summed E-state index contributed by atoms with van der Waals surface area (Å²) in [6.07, 6.45) is 1.33. The molecule has 0 heterocycles. The van der Waals surface area contributed by atoms with Crippen LogP contribution in [0.25, 0.3) is 0 Å². The van der Waals surface area contributed by atoms with Gasteiger partial charge >= 0.3 is 0 Å². The molecule has 144 valence electrons. The van der Waals surface area contributed by atoms with Crippen molar-refractivity contribution in [2.45, 2.75) is 45.6 Å². The standard InChI is InChI=1S/C23H30N2O2/c1-4-18(19-11-7-5-8-12-19)16-24-23(27)22(20-13-9-6-10-14-20)25-21(26)15-17(2)3/h5-14,17-18,22H,4,15-16H2,1-3H3,(H,24,27)(H,25,26). The number of benzene rings is 2. The lowest BCUT2D eigenvalue weighted by molar-refractivity contribution is -0.129. The van der Waals surface area contributed by atoms with Crippen LogP contribution in [0.2, 0.25) is 0 Å². The van der Waals surface area contributed by atoms with E-state index < -0.39 is 6.04 Å². The molecule has 2 rings (SSSR count). The van der Waals surface area contributed by atoms with Crippen LogP contribution >= 0.6 is 0 Å². The third kappa shape index (κ3) is 6.55. The first-order valence-electron chi connectivity index (χ1n) is 9.68. The second kappa shape index (κ2) is 10.5. The van der Waals surface area contributed by atoms with Crippen LogP contribution in [-0.4, -0.2) is 18.4 Å². The molecule has 27 heavy (non-hydrogen) atoms. The second-order valence-corrected chi connectivity index (χ2v) is 7.27. The zero-order chi connectivity index (χ0) is 19.6. The van der Waals surface area contributed by atoms with Gasteiger partial charge in [0, 0.05) is 18.9 Å². The summed E-state index contributed by atoms with van der Waals surface area (Å²) in [5.74, 6) is 0.210. The summed E-state index contributed by atoms with van der Waals surface area (Å²) in [5, 5.41) is 5.93. The average Bonchev–Trinajstić information content (AvgIpc) is 2.67. The van der Waals surface area contributed by atoms with Crippen molar-refractivity contribution < 1.29 is 9.59 Å². The van der Waals surface area contributed by atoms with E-state index in [1.807, 2.05) is 62.4 Å². The van der Waals surface area contributed by atoms with Gasteiger partial charge in [0.05, 0.1) is 0 Å². The topological polar surface area (TPSA) is 58.2 Å². The van der Waals surface area contributed by atoms with Crippen molar-refractivity contribution in [1.29, 1.82) is 0 Å². The summed E-state index contributed by atoms with van der Waals surface area (Å²) >= 11 is 0. The molecule has 0 bridgehead atoms. The van der Waals surface area contributed by atoms with Crippen molar-refractivity contribution >= 4 is 11.8 Å². The molecule has 2 aromatic rings. The Balaban J connectivity index is 2.07. The predicted octanol–water partition coefficient (Wildman–Crippen LogP) is 4.20. The van der Waals surface area contributed by atoms with Crippen molar-refractivity contribution in [2.75, 3.05) is 6.54 Å². The molecule has 4 heteroatoms. The molecular formula is C23H30N2O2. The summed E-state index contributed by atoms with van der Waals surface area (Å²) in [6, 6.07) is 18.9. The van der Waals surface area contributed by atoms with Gasteiger partial charge in [0.15, 0.2) is 0 Å². The molecular weight excluding hydrogens is 336 g/mol. The van der Waals surface area contributed by atoms with E-state index in [0.29, 0.717) is 13.0 Å². The van der Waals surface area contributed by atoms with Crippen LogP contribution in [0.1, 0.15) is 56.7 Å². The lowest BCUT2D eigenvalue weighted by Crippen LogP contribution is -2.41. The van der Waals surface area contributed by atoms with Crippen LogP contribution in [0.5, 0.6) is 0 Å². The molecule has 0 aromatic heterocycles. The predicted molar refractivity (Wildman–Crippen MR) is 109 cm³/mol. The summed E-state index contributed by atoms with van der Waals surface area (Å²) in [7, 11) is 0. The molecule has 0 aliphatic carbocycles. The van der Waals surface area contributed by atoms with Gasteiger partial charge in [-0.3, -0.25) is 9.59 Å². The molecule has 0 spiro atoms. The molecule has 0 saturated carbocycles. The maximum absolute atomic E-state index is 12.9. The van der Waals surface area contributed by atoms with E-state index in [0.717, 1.165) is 12.0 Å². The van der Waals surface area contributed by atoms with Gasteiger partial charge < -0.3 is 10.6 Å². The molecule has 2 aromatic carbocycles. The van der Waals surface area contributed by atoms with Crippen molar-refractivity contribution in [1.82, 2.24) is 10.6 Å². The van der Waals surface area contributed by atoms with Crippen LogP contribution in [-0.2, 0) is 9.59 Å². The zero-order valence-electron chi connectivity index (χ0n) is 16.4. The number of nitrogens with one attached hydrogen (secondary N) is 2. The monoisotopic (exact) mass is 366 g/mol. The molecule has 2 N–H and O–H groups in total. The van der Waals surface area contributed by atoms with E-state index >= 15 is 0 Å². The van der Waals surface area contributed by atoms with Crippen molar-refractivity contribution in [3.8, 4) is 0 Å². The third-order valence-corrected chi connectivity index (χ3v) is 4.58. The van der Waals surface area contributed by atoms with Gasteiger partial charge in [0.25, 0.3) is 0 Å². The Labute approximate surface area is 162 Å². The van der Waals surface area contributed by atoms with E-state index in [9.17, 15) is 9.59 Å². The Morgan fingerprint density at radius 3 is 1.96 bits per heavy atom. The maximum atomic E-state index is 12.9. The van der Waals surface area contributed by atoms with Gasteiger partial charge in [-0.15, -0.1) is 0 Å². The molecule has 0 fully saturated rings. The fourth-order valence-corrected chi connectivity index (χ4v) is 3.09. The first-order chi connectivity index (χ1) is 13.0. The summed E-state index contributed by atoms with van der Waals surface area (Å²) in [5.41, 5.74) is 2.00. The van der Waals surface area contributed by atoms with Crippen molar-refractivity contribution in [2.24, 2.45) is 5.92 Å². The summed E-state index contributed by atoms with van der Waals surface area (Å²) in [4.78, 5) is 25.2. The highest BCUT2D eigenvalue weighted by Crippen LogP contribution is 2.19. The maximum Gasteiger partial charge on any atom is 0.247 e. The van der Waals surface area contributed by atoms with Crippen LogP contribution in [0.4, 0.5) is 0 Å². The number of hydrogen-bond acceptors (Lipinski definition) is 2. The number of carbonyl (C=O) groups excluding carboxylic acids is 2. The van der Waals surface area contributed by atoms with Gasteiger partial charge in [-0.1, -0.05) is 81.4 Å². The van der Waals surface area contributed by atoms with E-state index in [1.54, 1.807) is 0 Å². The molecule has 4 nitrogen and oxygen atoms in total. The molecule has 0 saturated heterocycles. The van der Waals surface area contributed by atoms with Gasteiger partial charge in [-0.25, -0.2) is 0 Å². The number of amides is 2. The van der Waals surface area contributed by atoms with Crippen molar-refractivity contribution in [3.05, 3.63) is 71.8 Å². The summed E-state index contributed by atoms with van der Waals surface area (Å²) in [6.45, 7) is 6.64. The van der Waals surface area contributed by atoms with Gasteiger partial charge in [0.2, 0.25) is 11.8 Å². The third-order valence-electron chi connectivity index (χ3n) is 4.58. The molecule has 0 radical (unpaired) electrons. The minimum absolute atomic E-state index is 0.107. The van der Waals surface area contributed by atoms with Gasteiger partial charge in [-0.2, -0.15) is 0 Å². The van der Waals surface area contributed by atoms with Crippen LogP contribution in [0.15, 0.2) is 60.7 Å². The van der Waals surface area contributed by atoms with E-state index in [-0.39, 0.29) is 23.7 Å². The molecule has 0 aliphatic heterocycles. The molecule has 2 unspecified atom stereocenters. The normalized spacial score (nSPS) is 13.0. The fourth-order valence-electron chi connectivity index (χ4n) is 3.09. The molecule has 0 aliphatic rings. The fraction of sp³-hybridized carbons (Fsp3) is 0.391. The van der Waals surface area contributed by atoms with E-state index in [2.05, 4.69) is 29.7 Å². The second-order valence-electron chi connectivity index (χ2n) is 7.27. The highest BCUT2D eigenvalue weighted by atomic mass is 16.2. The quantitative estimate of drug-likeness (QED) is 0.699. The average molecular weight is 367 g/mol. The van der Waals surface area contributed by atoms with Gasteiger partial charge in [0.1, 0.15) is 6.04 Å². The number of rotatable bonds is 9. The molecule has 2 amide bonds. The first kappa shape index (κ1) is 20.7. The minimum Gasteiger partial charge on any atom is -0.353 e. The Bertz CT molecular complexity index is 714. The minimum atomic E-state index is -0.675. The lowest BCUT2D eigenvalue weighted by atomic mass is 9.96. The van der Waals surface area contributed by atoms with E-state index in [4.69, 9.17) is 0 Å². The Morgan fingerprint density at radius 2 is 1.44 bits per heavy atom. The number of hydrogen-bond donors (Lipinski definition) is 2. The zero-order valence-corrected chi connectivity index (χ0v) is 16.4. The Hall–Kier alpha value is -2.62. The van der Waals surface area contributed by atoms with Crippen LogP contribution in [0, 0.1) is 5.92 Å². The van der Waals surface area contributed by atoms with Crippen LogP contribution in [0.3, 0.4) is 0 Å². The highest BCUT2D eigenvalue weighted by Gasteiger charge is 2.23. The van der Waals surface area contributed by atoms with E-state index in [1.165, 1.54) is 5.56 Å². The van der Waals surface area contributed by atoms with Crippen molar-refractivity contribution in [3.63, 3.8) is 0 Å². The SMILES string of the molecule is CCC(CNC(=O)C(NC(=O)CC(C)C)c1ccccc1)c1ccccc1. The Morgan fingerprint density at radius 1 is 0.889 bits per heavy atom. The largest absolute Gasteiger partial charge is 0.353 e. The molecule has 2 atom stereocenters. The summed E-state index contributed by atoms with van der Waals surface area (Å²) < 4.78 is 0. The first-order valence-corrected chi connectivity index (χ1v) is 9.68. The number of carbonyl (C=O) groups is 2. The van der Waals surface area contributed by atoms with Gasteiger partial charge in [-0.05, 0) is 23.5 Å². The van der Waals surface area contributed by atoms with Crippen LogP contribution < -0.4 is 10.6 Å². The smallest absolute Gasteiger partial charge is 0.247 e. The Kier molecular flexibility index (Phi) is 8.05. The highest BCUT2D eigenvalue weighted by molar-refractivity contribution is 5.88. The lowest BCUT2D eigenvalue weighted by Gasteiger charge is -2.22.